The van der Waals surface area contributed by atoms with Crippen molar-refractivity contribution in [1.29, 1.82) is 0 Å². The molecule has 1 aromatic carbocycles. The second-order valence-corrected chi connectivity index (χ2v) is 6.19. The van der Waals surface area contributed by atoms with Gasteiger partial charge in [0.15, 0.2) is 0 Å². The van der Waals surface area contributed by atoms with Gasteiger partial charge in [-0.3, -0.25) is 4.90 Å². The molecule has 1 aromatic rings. The Morgan fingerprint density at radius 1 is 1.32 bits per heavy atom. The Morgan fingerprint density at radius 2 is 1.95 bits per heavy atom. The number of likely N-dealkylation sites (tertiary alicyclic amines) is 1. The van der Waals surface area contributed by atoms with Gasteiger partial charge in [-0.25, -0.2) is 0 Å². The Bertz CT molecular complexity index is 402. The topological polar surface area (TPSA) is 32.5 Å². The van der Waals surface area contributed by atoms with Crippen LogP contribution >= 0.6 is 11.6 Å². The lowest BCUT2D eigenvalue weighted by molar-refractivity contribution is 0.197. The number of hydrogen-bond acceptors (Lipinski definition) is 3. The lowest BCUT2D eigenvalue weighted by Crippen LogP contribution is -2.40. The van der Waals surface area contributed by atoms with E-state index in [0.29, 0.717) is 6.04 Å². The predicted molar refractivity (Wildman–Crippen MR) is 81.5 cm³/mol. The number of likely N-dealkylation sites (N-methyl/N-ethyl adjacent to an activating group) is 1. The van der Waals surface area contributed by atoms with Gasteiger partial charge in [-0.05, 0) is 45.1 Å². The van der Waals surface area contributed by atoms with Crippen molar-refractivity contribution < 1.29 is 0 Å². The van der Waals surface area contributed by atoms with E-state index in [2.05, 4.69) is 43.0 Å². The highest BCUT2D eigenvalue weighted by molar-refractivity contribution is 6.30. The smallest absolute Gasteiger partial charge is 0.0497 e. The molecule has 0 amide bonds. The van der Waals surface area contributed by atoms with E-state index < -0.39 is 0 Å². The molecule has 19 heavy (non-hydrogen) atoms. The maximum absolute atomic E-state index is 6.22. The van der Waals surface area contributed by atoms with Crippen molar-refractivity contribution in [3.63, 3.8) is 0 Å². The first-order valence-corrected chi connectivity index (χ1v) is 7.28. The molecule has 0 spiro atoms. The van der Waals surface area contributed by atoms with Gasteiger partial charge in [-0.2, -0.15) is 0 Å². The maximum Gasteiger partial charge on any atom is 0.0497 e. The van der Waals surface area contributed by atoms with Crippen LogP contribution in [-0.2, 0) is 0 Å². The lowest BCUT2D eigenvalue weighted by atomic mass is 9.99. The minimum absolute atomic E-state index is 0.113. The first kappa shape index (κ1) is 14.8. The molecule has 1 fully saturated rings. The van der Waals surface area contributed by atoms with Crippen LogP contribution in [0.25, 0.3) is 0 Å². The number of rotatable bonds is 4. The van der Waals surface area contributed by atoms with E-state index in [1.54, 1.807) is 0 Å². The molecule has 3 nitrogen and oxygen atoms in total. The van der Waals surface area contributed by atoms with Gasteiger partial charge in [0.2, 0.25) is 0 Å². The van der Waals surface area contributed by atoms with Gasteiger partial charge in [-0.15, -0.1) is 0 Å². The Morgan fingerprint density at radius 3 is 2.42 bits per heavy atom. The molecule has 0 aromatic heterocycles. The van der Waals surface area contributed by atoms with E-state index in [0.717, 1.165) is 18.1 Å². The van der Waals surface area contributed by atoms with Crippen molar-refractivity contribution in [2.75, 3.05) is 27.2 Å². The van der Waals surface area contributed by atoms with Gasteiger partial charge in [0.1, 0.15) is 0 Å². The van der Waals surface area contributed by atoms with Crippen LogP contribution in [0.3, 0.4) is 0 Å². The molecule has 1 aliphatic heterocycles. The molecule has 0 bridgehead atoms. The van der Waals surface area contributed by atoms with E-state index in [4.69, 9.17) is 17.3 Å². The van der Waals surface area contributed by atoms with Gasteiger partial charge in [0, 0.05) is 36.2 Å². The molecule has 4 heteroatoms. The molecule has 0 saturated carbocycles. The summed E-state index contributed by atoms with van der Waals surface area (Å²) < 4.78 is 0. The van der Waals surface area contributed by atoms with Crippen LogP contribution in [0.1, 0.15) is 24.9 Å². The molecule has 1 heterocycles. The van der Waals surface area contributed by atoms with Gasteiger partial charge >= 0.3 is 0 Å². The number of nitrogens with two attached hydrogens (primary N) is 1. The second-order valence-electron chi connectivity index (χ2n) is 5.76. The quantitative estimate of drug-likeness (QED) is 0.920. The van der Waals surface area contributed by atoms with E-state index >= 15 is 0 Å². The molecule has 2 N–H and O–H groups in total. The molecule has 3 unspecified atom stereocenters. The van der Waals surface area contributed by atoms with Crippen LogP contribution < -0.4 is 5.73 Å². The first-order chi connectivity index (χ1) is 8.99. The summed E-state index contributed by atoms with van der Waals surface area (Å²) >= 11 is 5.97. The van der Waals surface area contributed by atoms with Crippen LogP contribution in [-0.4, -0.2) is 49.1 Å². The highest BCUT2D eigenvalue weighted by atomic mass is 35.5. The molecule has 0 radical (unpaired) electrons. The van der Waals surface area contributed by atoms with E-state index in [1.165, 1.54) is 12.0 Å². The average molecular weight is 282 g/mol. The highest BCUT2D eigenvalue weighted by Crippen LogP contribution is 2.29. The molecule has 106 valence electrons. The van der Waals surface area contributed by atoms with Crippen molar-refractivity contribution in [2.24, 2.45) is 5.73 Å². The standard InChI is InChI=1S/C15H24ClN3/c1-11(17)15(12-4-6-13(16)7-5-12)19-9-8-14(10-19)18(2)3/h4-7,11,14-15H,8-10,17H2,1-3H3. The highest BCUT2D eigenvalue weighted by Gasteiger charge is 2.31. The molecule has 1 saturated heterocycles. The van der Waals surface area contributed by atoms with Gasteiger partial charge in [0.05, 0.1) is 0 Å². The fourth-order valence-electron chi connectivity index (χ4n) is 2.95. The summed E-state index contributed by atoms with van der Waals surface area (Å²) in [5.74, 6) is 0. The fraction of sp³-hybridized carbons (Fsp3) is 0.600. The van der Waals surface area contributed by atoms with Gasteiger partial charge < -0.3 is 10.6 Å². The van der Waals surface area contributed by atoms with Crippen LogP contribution in [0.5, 0.6) is 0 Å². The fourth-order valence-corrected chi connectivity index (χ4v) is 3.08. The number of nitrogens with zero attached hydrogens (tertiary/aromatic N) is 2. The third-order valence-corrected chi connectivity index (χ3v) is 4.28. The monoisotopic (exact) mass is 281 g/mol. The Balaban J connectivity index is 2.15. The molecule has 1 aliphatic rings. The Labute approximate surface area is 121 Å². The molecular formula is C15H24ClN3. The Kier molecular flexibility index (Phi) is 4.85. The normalized spacial score (nSPS) is 23.8. The van der Waals surface area contributed by atoms with Crippen molar-refractivity contribution in [3.05, 3.63) is 34.9 Å². The maximum atomic E-state index is 6.22. The minimum Gasteiger partial charge on any atom is -0.326 e. The minimum atomic E-state index is 0.113. The SMILES string of the molecule is CC(N)C(c1ccc(Cl)cc1)N1CCC(N(C)C)C1. The van der Waals surface area contributed by atoms with Gasteiger partial charge in [-0.1, -0.05) is 23.7 Å². The summed E-state index contributed by atoms with van der Waals surface area (Å²) in [6, 6.07) is 9.12. The third kappa shape index (κ3) is 3.48. The van der Waals surface area contributed by atoms with Gasteiger partial charge in [0.25, 0.3) is 0 Å². The van der Waals surface area contributed by atoms with Crippen LogP contribution in [0.4, 0.5) is 0 Å². The summed E-state index contributed by atoms with van der Waals surface area (Å²) in [6.45, 7) is 4.28. The van der Waals surface area contributed by atoms with Crippen molar-refractivity contribution in [1.82, 2.24) is 9.80 Å². The lowest BCUT2D eigenvalue weighted by Gasteiger charge is -2.32. The summed E-state index contributed by atoms with van der Waals surface area (Å²) in [6.07, 6.45) is 1.21. The molecule has 0 aliphatic carbocycles. The zero-order chi connectivity index (χ0) is 14.0. The zero-order valence-corrected chi connectivity index (χ0v) is 12.8. The van der Waals surface area contributed by atoms with E-state index in [9.17, 15) is 0 Å². The second kappa shape index (κ2) is 6.23. The Hall–Kier alpha value is -0.610. The van der Waals surface area contributed by atoms with Crippen LogP contribution in [0.15, 0.2) is 24.3 Å². The molecular weight excluding hydrogens is 258 g/mol. The zero-order valence-electron chi connectivity index (χ0n) is 12.0. The summed E-state index contributed by atoms with van der Waals surface area (Å²) in [4.78, 5) is 4.80. The number of halogens is 1. The average Bonchev–Trinajstić information content (AvgIpc) is 2.81. The van der Waals surface area contributed by atoms with E-state index in [1.807, 2.05) is 12.1 Å². The summed E-state index contributed by atoms with van der Waals surface area (Å²) in [5.41, 5.74) is 7.48. The van der Waals surface area contributed by atoms with Crippen molar-refractivity contribution >= 4 is 11.6 Å². The first-order valence-electron chi connectivity index (χ1n) is 6.90. The predicted octanol–water partition coefficient (Wildman–Crippen LogP) is 2.36. The molecule has 3 atom stereocenters. The van der Waals surface area contributed by atoms with Crippen LogP contribution in [0, 0.1) is 0 Å². The number of benzene rings is 1. The summed E-state index contributed by atoms with van der Waals surface area (Å²) in [5, 5.41) is 0.778. The van der Waals surface area contributed by atoms with Crippen molar-refractivity contribution in [3.8, 4) is 0 Å². The summed E-state index contributed by atoms with van der Waals surface area (Å²) in [7, 11) is 4.30. The van der Waals surface area contributed by atoms with Crippen molar-refractivity contribution in [2.45, 2.75) is 31.5 Å². The van der Waals surface area contributed by atoms with Crippen LogP contribution in [0.2, 0.25) is 5.02 Å². The third-order valence-electron chi connectivity index (χ3n) is 4.03. The largest absolute Gasteiger partial charge is 0.326 e. The number of hydrogen-bond donors (Lipinski definition) is 1. The van der Waals surface area contributed by atoms with E-state index in [-0.39, 0.29) is 12.1 Å². The molecule has 2 rings (SSSR count).